The Hall–Kier alpha value is -3.33. The van der Waals surface area contributed by atoms with E-state index in [0.717, 1.165) is 29.7 Å². The van der Waals surface area contributed by atoms with E-state index in [1.165, 1.54) is 28.0 Å². The molecule has 2 aliphatic heterocycles. The summed E-state index contributed by atoms with van der Waals surface area (Å²) in [6.45, 7) is 15.5. The largest absolute Gasteiger partial charge is 0.380 e. The number of para-hydroxylation sites is 1. The van der Waals surface area contributed by atoms with Crippen LogP contribution in [0.5, 0.6) is 0 Å². The molecule has 0 aromatic heterocycles. The molecule has 36 heavy (non-hydrogen) atoms. The molecule has 0 saturated carbocycles. The Morgan fingerprint density at radius 3 is 2.33 bits per heavy atom. The number of amides is 1. The maximum absolute atomic E-state index is 13.9. The van der Waals surface area contributed by atoms with E-state index in [0.29, 0.717) is 0 Å². The van der Waals surface area contributed by atoms with Crippen molar-refractivity contribution in [2.75, 3.05) is 10.2 Å². The zero-order chi connectivity index (χ0) is 25.9. The van der Waals surface area contributed by atoms with Crippen molar-refractivity contribution in [3.8, 4) is 0 Å². The van der Waals surface area contributed by atoms with Crippen LogP contribution in [0, 0.1) is 0 Å². The summed E-state index contributed by atoms with van der Waals surface area (Å²) in [6, 6.07) is 23.5. The standard InChI is InChI=1S/C33H38N2O/c1-8-23-13-15-24(16-14-23)30(36)35-29-18-17-25(19-26(29)22(2)20-32(35,5)6)33(7)21-31(3,4)34-28-12-10-9-11-27(28)33/h9-20,34H,8,21H2,1-7H3/t33-/m0/s1. The highest BCUT2D eigenvalue weighted by Crippen LogP contribution is 2.49. The summed E-state index contributed by atoms with van der Waals surface area (Å²) in [6.07, 6.45) is 4.18. The second-order valence-electron chi connectivity index (χ2n) is 12.0. The SMILES string of the molecule is CCc1ccc(C(=O)N2c3ccc([C@]4(C)CC(C)(C)Nc5ccccc54)cc3C(C)=CC2(C)C)cc1. The second-order valence-corrected chi connectivity index (χ2v) is 12.0. The molecule has 0 unspecified atom stereocenters. The van der Waals surface area contributed by atoms with Gasteiger partial charge in [0.2, 0.25) is 0 Å². The van der Waals surface area contributed by atoms with Crippen LogP contribution in [-0.2, 0) is 11.8 Å². The number of nitrogens with zero attached hydrogens (tertiary/aromatic N) is 1. The Morgan fingerprint density at radius 1 is 0.944 bits per heavy atom. The van der Waals surface area contributed by atoms with Crippen molar-refractivity contribution < 1.29 is 4.79 Å². The summed E-state index contributed by atoms with van der Waals surface area (Å²) < 4.78 is 0. The smallest absolute Gasteiger partial charge is 0.259 e. The highest BCUT2D eigenvalue weighted by Gasteiger charge is 2.43. The van der Waals surface area contributed by atoms with Crippen molar-refractivity contribution in [3.63, 3.8) is 0 Å². The molecule has 0 bridgehead atoms. The van der Waals surface area contributed by atoms with Gasteiger partial charge in [-0.05, 0) is 100 Å². The van der Waals surface area contributed by atoms with Crippen LogP contribution >= 0.6 is 0 Å². The van der Waals surface area contributed by atoms with Crippen LogP contribution in [0.1, 0.15) is 87.5 Å². The predicted molar refractivity (Wildman–Crippen MR) is 152 cm³/mol. The summed E-state index contributed by atoms with van der Waals surface area (Å²) in [4.78, 5) is 15.8. The van der Waals surface area contributed by atoms with E-state index in [1.807, 2.05) is 17.0 Å². The molecule has 0 spiro atoms. The third kappa shape index (κ3) is 3.95. The molecule has 1 atom stereocenters. The summed E-state index contributed by atoms with van der Waals surface area (Å²) in [7, 11) is 0. The van der Waals surface area contributed by atoms with Crippen molar-refractivity contribution in [3.05, 3.63) is 101 Å². The van der Waals surface area contributed by atoms with Crippen LogP contribution < -0.4 is 10.2 Å². The summed E-state index contributed by atoms with van der Waals surface area (Å²) in [5, 5.41) is 3.73. The molecule has 1 amide bonds. The molecule has 0 aliphatic carbocycles. The van der Waals surface area contributed by atoms with E-state index < -0.39 is 5.54 Å². The van der Waals surface area contributed by atoms with Crippen molar-refractivity contribution in [2.45, 2.75) is 77.8 Å². The number of rotatable bonds is 3. The van der Waals surface area contributed by atoms with Gasteiger partial charge in [-0.15, -0.1) is 0 Å². The summed E-state index contributed by atoms with van der Waals surface area (Å²) in [5.74, 6) is 0.0416. The molecule has 0 radical (unpaired) electrons. The topological polar surface area (TPSA) is 32.3 Å². The number of benzene rings is 3. The lowest BCUT2D eigenvalue weighted by Gasteiger charge is -2.47. The highest BCUT2D eigenvalue weighted by atomic mass is 16.2. The van der Waals surface area contributed by atoms with Crippen LogP contribution in [0.25, 0.3) is 5.57 Å². The second kappa shape index (κ2) is 8.37. The number of hydrogen-bond acceptors (Lipinski definition) is 2. The van der Waals surface area contributed by atoms with E-state index in [9.17, 15) is 4.79 Å². The molecule has 5 rings (SSSR count). The van der Waals surface area contributed by atoms with Gasteiger partial charge < -0.3 is 5.32 Å². The van der Waals surface area contributed by atoms with E-state index >= 15 is 0 Å². The Morgan fingerprint density at radius 2 is 1.64 bits per heavy atom. The molecule has 0 saturated heterocycles. The van der Waals surface area contributed by atoms with E-state index in [-0.39, 0.29) is 16.9 Å². The number of aryl methyl sites for hydroxylation is 1. The molecule has 2 heterocycles. The summed E-state index contributed by atoms with van der Waals surface area (Å²) in [5.41, 5.74) is 8.53. The molecule has 3 heteroatoms. The van der Waals surface area contributed by atoms with Crippen LogP contribution in [0.3, 0.4) is 0 Å². The molecule has 0 fully saturated rings. The number of carbonyl (C=O) groups is 1. The Labute approximate surface area is 216 Å². The zero-order valence-electron chi connectivity index (χ0n) is 22.7. The summed E-state index contributed by atoms with van der Waals surface area (Å²) >= 11 is 0. The number of hydrogen-bond donors (Lipinski definition) is 1. The Bertz CT molecular complexity index is 1360. The van der Waals surface area contributed by atoms with Crippen LogP contribution in [0.4, 0.5) is 11.4 Å². The predicted octanol–water partition coefficient (Wildman–Crippen LogP) is 7.99. The molecule has 186 valence electrons. The molecule has 3 aromatic carbocycles. The van der Waals surface area contributed by atoms with Gasteiger partial charge in [-0.25, -0.2) is 0 Å². The van der Waals surface area contributed by atoms with E-state index in [4.69, 9.17) is 0 Å². The van der Waals surface area contributed by atoms with Gasteiger partial charge in [0.25, 0.3) is 5.91 Å². The van der Waals surface area contributed by atoms with Crippen LogP contribution in [0.2, 0.25) is 0 Å². The van der Waals surface area contributed by atoms with Crippen molar-refractivity contribution in [1.29, 1.82) is 0 Å². The molecule has 3 aromatic rings. The number of fused-ring (bicyclic) bond motifs is 2. The number of allylic oxidation sites excluding steroid dienone is 1. The van der Waals surface area contributed by atoms with Gasteiger partial charge in [0.1, 0.15) is 0 Å². The molecule has 1 N–H and O–H groups in total. The van der Waals surface area contributed by atoms with E-state index in [1.54, 1.807) is 0 Å². The first-order valence-electron chi connectivity index (χ1n) is 13.1. The van der Waals surface area contributed by atoms with Gasteiger partial charge in [0, 0.05) is 27.8 Å². The van der Waals surface area contributed by atoms with Crippen LogP contribution in [0.15, 0.2) is 72.8 Å². The minimum atomic E-state index is -0.424. The number of anilines is 2. The third-order valence-corrected chi connectivity index (χ3v) is 8.05. The first-order chi connectivity index (χ1) is 16.9. The number of carbonyl (C=O) groups excluding carboxylic acids is 1. The lowest BCUT2D eigenvalue weighted by Crippen LogP contribution is -2.49. The van der Waals surface area contributed by atoms with Gasteiger partial charge in [0.15, 0.2) is 0 Å². The molecular weight excluding hydrogens is 440 g/mol. The Kier molecular flexibility index (Phi) is 5.66. The Balaban J connectivity index is 1.62. The van der Waals surface area contributed by atoms with Crippen molar-refractivity contribution in [2.24, 2.45) is 0 Å². The monoisotopic (exact) mass is 478 g/mol. The maximum atomic E-state index is 13.9. The fourth-order valence-corrected chi connectivity index (χ4v) is 6.47. The van der Waals surface area contributed by atoms with Gasteiger partial charge in [-0.3, -0.25) is 9.69 Å². The fraction of sp³-hybridized carbons (Fsp3) is 0.364. The first-order valence-corrected chi connectivity index (χ1v) is 13.1. The fourth-order valence-electron chi connectivity index (χ4n) is 6.47. The van der Waals surface area contributed by atoms with Gasteiger partial charge >= 0.3 is 0 Å². The van der Waals surface area contributed by atoms with Gasteiger partial charge in [-0.1, -0.05) is 56.3 Å². The molecular formula is C33H38N2O. The minimum absolute atomic E-state index is 0.0292. The lowest BCUT2D eigenvalue weighted by atomic mass is 9.65. The molecule has 3 nitrogen and oxygen atoms in total. The van der Waals surface area contributed by atoms with Crippen molar-refractivity contribution in [1.82, 2.24) is 0 Å². The minimum Gasteiger partial charge on any atom is -0.380 e. The number of nitrogens with one attached hydrogen (secondary N) is 1. The maximum Gasteiger partial charge on any atom is 0.259 e. The average molecular weight is 479 g/mol. The van der Waals surface area contributed by atoms with Gasteiger partial charge in [0.05, 0.1) is 11.2 Å². The third-order valence-electron chi connectivity index (χ3n) is 8.05. The van der Waals surface area contributed by atoms with Crippen molar-refractivity contribution >= 4 is 22.9 Å². The van der Waals surface area contributed by atoms with Crippen LogP contribution in [-0.4, -0.2) is 17.0 Å². The molecule has 2 aliphatic rings. The quantitative estimate of drug-likeness (QED) is 0.414. The normalized spacial score (nSPS) is 21.6. The highest BCUT2D eigenvalue weighted by molar-refractivity contribution is 6.10. The lowest BCUT2D eigenvalue weighted by molar-refractivity contribution is 0.0970. The zero-order valence-corrected chi connectivity index (χ0v) is 22.7. The van der Waals surface area contributed by atoms with Gasteiger partial charge in [-0.2, -0.15) is 0 Å². The average Bonchev–Trinajstić information content (AvgIpc) is 2.82. The first kappa shape index (κ1) is 24.4. The van der Waals surface area contributed by atoms with E-state index in [2.05, 4.69) is 114 Å².